The molecule has 0 unspecified atom stereocenters. The molecule has 0 aromatic rings. The van der Waals surface area contributed by atoms with Crippen molar-refractivity contribution < 1.29 is 15.3 Å². The van der Waals surface area contributed by atoms with Crippen LogP contribution in [0, 0.1) is 0 Å². The minimum absolute atomic E-state index is 0.691. The number of nitrogens with zero attached hydrogens (tertiary/aromatic N) is 1. The number of fused-ring (bicyclic) bond motifs is 1. The first-order valence-corrected chi connectivity index (χ1v) is 5.48. The average Bonchev–Trinajstić information content (AvgIpc) is 2.63. The van der Waals surface area contributed by atoms with Gasteiger partial charge in [-0.3, -0.25) is 4.90 Å². The highest BCUT2D eigenvalue weighted by Crippen LogP contribution is 2.43. The minimum atomic E-state index is -2.51. The van der Waals surface area contributed by atoms with Gasteiger partial charge in [0, 0.05) is 0 Å². The third-order valence-electron chi connectivity index (χ3n) is 3.27. The van der Waals surface area contributed by atoms with Gasteiger partial charge in [-0.2, -0.15) is 0 Å². The van der Waals surface area contributed by atoms with Gasteiger partial charge in [0.25, 0.3) is 5.97 Å². The Labute approximate surface area is 85.2 Å². The van der Waals surface area contributed by atoms with E-state index in [1.54, 1.807) is 0 Å². The van der Waals surface area contributed by atoms with Crippen molar-refractivity contribution >= 4 is 0 Å². The molecular formula is C10H21NO3. The Bertz CT molecular complexity index is 178. The Hall–Kier alpha value is -0.160. The minimum Gasteiger partial charge on any atom is -0.342 e. The molecule has 0 aromatic carbocycles. The maximum absolute atomic E-state index is 9.25. The molecule has 2 fully saturated rings. The van der Waals surface area contributed by atoms with Crippen LogP contribution in [0.1, 0.15) is 39.5 Å². The molecule has 0 aliphatic carbocycles. The van der Waals surface area contributed by atoms with Gasteiger partial charge >= 0.3 is 0 Å². The Kier molecular flexibility index (Phi) is 3.53. The lowest BCUT2D eigenvalue weighted by Crippen LogP contribution is -2.58. The molecule has 0 saturated carbocycles. The van der Waals surface area contributed by atoms with E-state index < -0.39 is 11.5 Å². The Morgan fingerprint density at radius 2 is 1.43 bits per heavy atom. The van der Waals surface area contributed by atoms with Gasteiger partial charge in [0.1, 0.15) is 5.54 Å². The summed E-state index contributed by atoms with van der Waals surface area (Å²) in [4.78, 5) is 1.99. The standard InChI is InChI=1S/C8H15NO3.C2H6/c10-8(11,12)7-3-1-5-9(7)6-2-4-7;1-2/h10-12H,1-6H2;1-2H3. The van der Waals surface area contributed by atoms with Crippen LogP contribution in [0.25, 0.3) is 0 Å². The summed E-state index contributed by atoms with van der Waals surface area (Å²) in [5, 5.41) is 27.7. The molecule has 0 atom stereocenters. The normalized spacial score (nSPS) is 25.5. The third kappa shape index (κ3) is 1.67. The average molecular weight is 203 g/mol. The van der Waals surface area contributed by atoms with Crippen LogP contribution in [-0.4, -0.2) is 44.8 Å². The van der Waals surface area contributed by atoms with Crippen molar-refractivity contribution in [3.63, 3.8) is 0 Å². The molecule has 84 valence electrons. The van der Waals surface area contributed by atoms with Crippen LogP contribution in [0.5, 0.6) is 0 Å². The quantitative estimate of drug-likeness (QED) is 0.535. The summed E-state index contributed by atoms with van der Waals surface area (Å²) in [6.07, 6.45) is 3.28. The monoisotopic (exact) mass is 203 g/mol. The highest BCUT2D eigenvalue weighted by Gasteiger charge is 2.57. The molecule has 0 bridgehead atoms. The second-order valence-corrected chi connectivity index (χ2v) is 3.86. The maximum atomic E-state index is 9.25. The van der Waals surface area contributed by atoms with E-state index in [-0.39, 0.29) is 0 Å². The number of hydrogen-bond donors (Lipinski definition) is 3. The Morgan fingerprint density at radius 1 is 1.00 bits per heavy atom. The molecular weight excluding hydrogens is 182 g/mol. The molecule has 3 N–H and O–H groups in total. The molecule has 14 heavy (non-hydrogen) atoms. The molecule has 2 saturated heterocycles. The second kappa shape index (κ2) is 4.14. The van der Waals surface area contributed by atoms with Crippen molar-refractivity contribution in [2.45, 2.75) is 51.0 Å². The van der Waals surface area contributed by atoms with Crippen LogP contribution in [0.3, 0.4) is 0 Å². The van der Waals surface area contributed by atoms with Crippen LogP contribution < -0.4 is 0 Å². The van der Waals surface area contributed by atoms with Gasteiger partial charge in [-0.15, -0.1) is 0 Å². The predicted molar refractivity (Wildman–Crippen MR) is 53.5 cm³/mol. The summed E-state index contributed by atoms with van der Waals surface area (Å²) in [5.41, 5.74) is -0.757. The largest absolute Gasteiger partial charge is 0.342 e. The van der Waals surface area contributed by atoms with Gasteiger partial charge in [0.2, 0.25) is 0 Å². The topological polar surface area (TPSA) is 63.9 Å². The van der Waals surface area contributed by atoms with Gasteiger partial charge in [0.05, 0.1) is 0 Å². The zero-order valence-electron chi connectivity index (χ0n) is 9.03. The van der Waals surface area contributed by atoms with Crippen molar-refractivity contribution in [2.75, 3.05) is 13.1 Å². The summed E-state index contributed by atoms with van der Waals surface area (Å²) in [6, 6.07) is 0. The molecule has 0 spiro atoms. The van der Waals surface area contributed by atoms with E-state index in [1.807, 2.05) is 18.7 Å². The number of aliphatic hydroxyl groups is 3. The molecule has 0 aromatic heterocycles. The van der Waals surface area contributed by atoms with E-state index in [0.717, 1.165) is 25.9 Å². The highest BCUT2D eigenvalue weighted by molar-refractivity contribution is 5.04. The first kappa shape index (κ1) is 11.9. The van der Waals surface area contributed by atoms with Crippen molar-refractivity contribution in [1.82, 2.24) is 4.90 Å². The van der Waals surface area contributed by atoms with Gasteiger partial charge in [-0.25, -0.2) is 0 Å². The van der Waals surface area contributed by atoms with Gasteiger partial charge < -0.3 is 15.3 Å². The van der Waals surface area contributed by atoms with Crippen molar-refractivity contribution in [3.05, 3.63) is 0 Å². The van der Waals surface area contributed by atoms with Crippen LogP contribution in [0.15, 0.2) is 0 Å². The van der Waals surface area contributed by atoms with Gasteiger partial charge in [-0.05, 0) is 38.8 Å². The van der Waals surface area contributed by atoms with E-state index in [4.69, 9.17) is 0 Å². The Morgan fingerprint density at radius 3 is 1.71 bits per heavy atom. The predicted octanol–water partition coefficient (Wildman–Crippen LogP) is 0.272. The van der Waals surface area contributed by atoms with Crippen molar-refractivity contribution in [1.29, 1.82) is 0 Å². The van der Waals surface area contributed by atoms with Crippen LogP contribution >= 0.6 is 0 Å². The first-order chi connectivity index (χ1) is 6.56. The summed E-state index contributed by atoms with van der Waals surface area (Å²) in [6.45, 7) is 5.76. The van der Waals surface area contributed by atoms with E-state index in [1.165, 1.54) is 0 Å². The fraction of sp³-hybridized carbons (Fsp3) is 1.00. The van der Waals surface area contributed by atoms with E-state index in [2.05, 4.69) is 0 Å². The van der Waals surface area contributed by atoms with Crippen molar-refractivity contribution in [2.24, 2.45) is 0 Å². The summed E-state index contributed by atoms with van der Waals surface area (Å²) >= 11 is 0. The molecule has 0 radical (unpaired) electrons. The highest BCUT2D eigenvalue weighted by atomic mass is 16.7. The lowest BCUT2D eigenvalue weighted by atomic mass is 9.91. The first-order valence-electron chi connectivity index (χ1n) is 5.48. The summed E-state index contributed by atoms with van der Waals surface area (Å²) in [7, 11) is 0. The molecule has 4 heteroatoms. The zero-order chi connectivity index (χ0) is 10.8. The lowest BCUT2D eigenvalue weighted by molar-refractivity contribution is -0.364. The fourth-order valence-electron chi connectivity index (χ4n) is 2.65. The number of rotatable bonds is 1. The third-order valence-corrected chi connectivity index (χ3v) is 3.27. The summed E-state index contributed by atoms with van der Waals surface area (Å²) < 4.78 is 0. The van der Waals surface area contributed by atoms with Gasteiger partial charge in [-0.1, -0.05) is 13.8 Å². The smallest absolute Gasteiger partial charge is 0.294 e. The molecule has 2 aliphatic rings. The molecule has 4 nitrogen and oxygen atoms in total. The maximum Gasteiger partial charge on any atom is 0.294 e. The van der Waals surface area contributed by atoms with E-state index in [9.17, 15) is 15.3 Å². The molecule has 0 amide bonds. The number of hydrogen-bond acceptors (Lipinski definition) is 4. The molecule has 2 heterocycles. The molecule has 2 rings (SSSR count). The lowest BCUT2D eigenvalue weighted by Gasteiger charge is -2.38. The van der Waals surface area contributed by atoms with E-state index >= 15 is 0 Å². The van der Waals surface area contributed by atoms with E-state index in [0.29, 0.717) is 12.8 Å². The second-order valence-electron chi connectivity index (χ2n) is 3.86. The van der Waals surface area contributed by atoms with Crippen LogP contribution in [0.2, 0.25) is 0 Å². The Balaban J connectivity index is 0.000000461. The SMILES string of the molecule is CC.OC(O)(O)C12CCCN1CCC2. The van der Waals surface area contributed by atoms with Crippen molar-refractivity contribution in [3.8, 4) is 0 Å². The van der Waals surface area contributed by atoms with Crippen LogP contribution in [-0.2, 0) is 0 Å². The zero-order valence-corrected chi connectivity index (χ0v) is 9.03. The molecule has 2 aliphatic heterocycles. The van der Waals surface area contributed by atoms with Crippen LogP contribution in [0.4, 0.5) is 0 Å². The fourth-order valence-corrected chi connectivity index (χ4v) is 2.65. The summed E-state index contributed by atoms with van der Waals surface area (Å²) in [5.74, 6) is -2.51. The van der Waals surface area contributed by atoms with Gasteiger partial charge in [0.15, 0.2) is 0 Å².